The van der Waals surface area contributed by atoms with Gasteiger partial charge in [0.05, 0.1) is 12.3 Å². The summed E-state index contributed by atoms with van der Waals surface area (Å²) in [5.74, 6) is 0.0259. The number of anilines is 1. The molecule has 2 amide bonds. The molecule has 0 aliphatic carbocycles. The molecular weight excluding hydrogens is 322 g/mol. The van der Waals surface area contributed by atoms with Crippen molar-refractivity contribution in [3.05, 3.63) is 24.0 Å². The zero-order valence-electron chi connectivity index (χ0n) is 13.5. The molecule has 0 saturated carbocycles. The van der Waals surface area contributed by atoms with Gasteiger partial charge in [-0.1, -0.05) is 0 Å². The summed E-state index contributed by atoms with van der Waals surface area (Å²) in [6.45, 7) is 2.33. The quantitative estimate of drug-likeness (QED) is 0.755. The Hall–Kier alpha value is -3.41. The third-order valence-electron chi connectivity index (χ3n) is 4.01. The van der Waals surface area contributed by atoms with Crippen LogP contribution in [0.3, 0.4) is 0 Å². The van der Waals surface area contributed by atoms with Gasteiger partial charge in [-0.05, 0) is 6.08 Å². The molecule has 1 saturated heterocycles. The molecule has 1 fully saturated rings. The predicted octanol–water partition coefficient (Wildman–Crippen LogP) is 0.0187. The Morgan fingerprint density at radius 2 is 2.12 bits per heavy atom. The minimum atomic E-state index is -0.531. The highest BCUT2D eigenvalue weighted by molar-refractivity contribution is 5.93. The standard InChI is InChI=1S/C16H17N7O2/c17-4-3-14(25)23-7-5-22(6-8-23)13-10-20-16-15(21-13)11(9-19-16)1-2-12(18)24/h1-2,9-10H,3,5-8H2,(H2,18,24)(H,19,20)/b2-1+. The summed E-state index contributed by atoms with van der Waals surface area (Å²) in [4.78, 5) is 38.4. The van der Waals surface area contributed by atoms with Crippen molar-refractivity contribution in [2.45, 2.75) is 6.42 Å². The minimum absolute atomic E-state index is 0.0926. The van der Waals surface area contributed by atoms with Crippen LogP contribution in [0.2, 0.25) is 0 Å². The van der Waals surface area contributed by atoms with Crippen LogP contribution in [-0.2, 0) is 9.59 Å². The van der Waals surface area contributed by atoms with Crippen LogP contribution in [0.25, 0.3) is 17.2 Å². The molecule has 128 valence electrons. The lowest BCUT2D eigenvalue weighted by Crippen LogP contribution is -2.49. The van der Waals surface area contributed by atoms with Gasteiger partial charge in [0.15, 0.2) is 5.65 Å². The van der Waals surface area contributed by atoms with E-state index in [1.807, 2.05) is 11.0 Å². The third kappa shape index (κ3) is 3.58. The van der Waals surface area contributed by atoms with Gasteiger partial charge in [-0.15, -0.1) is 0 Å². The molecular formula is C16H17N7O2. The fourth-order valence-electron chi connectivity index (χ4n) is 2.72. The second-order valence-electron chi connectivity index (χ2n) is 5.61. The first-order valence-electron chi connectivity index (χ1n) is 7.80. The molecule has 3 N–H and O–H groups in total. The summed E-state index contributed by atoms with van der Waals surface area (Å²) in [5, 5.41) is 8.62. The van der Waals surface area contributed by atoms with Crippen molar-refractivity contribution < 1.29 is 9.59 Å². The van der Waals surface area contributed by atoms with Crippen LogP contribution < -0.4 is 10.6 Å². The molecule has 9 nitrogen and oxygen atoms in total. The van der Waals surface area contributed by atoms with Crippen molar-refractivity contribution in [2.24, 2.45) is 5.73 Å². The maximum Gasteiger partial charge on any atom is 0.241 e. The smallest absolute Gasteiger partial charge is 0.241 e. The number of rotatable bonds is 4. The minimum Gasteiger partial charge on any atom is -0.366 e. The molecule has 0 spiro atoms. The number of H-pyrrole nitrogens is 1. The summed E-state index contributed by atoms with van der Waals surface area (Å²) in [6.07, 6.45) is 6.17. The molecule has 3 heterocycles. The van der Waals surface area contributed by atoms with Crippen molar-refractivity contribution in [3.8, 4) is 6.07 Å². The number of aromatic amines is 1. The zero-order chi connectivity index (χ0) is 17.8. The molecule has 0 atom stereocenters. The number of nitrogens with zero attached hydrogens (tertiary/aromatic N) is 5. The van der Waals surface area contributed by atoms with E-state index in [0.29, 0.717) is 43.2 Å². The lowest BCUT2D eigenvalue weighted by Gasteiger charge is -2.34. The van der Waals surface area contributed by atoms with Crippen LogP contribution in [0.5, 0.6) is 0 Å². The van der Waals surface area contributed by atoms with Crippen LogP contribution in [-0.4, -0.2) is 57.8 Å². The first-order chi connectivity index (χ1) is 12.1. The van der Waals surface area contributed by atoms with E-state index in [4.69, 9.17) is 11.0 Å². The molecule has 25 heavy (non-hydrogen) atoms. The third-order valence-corrected chi connectivity index (χ3v) is 4.01. The number of carbonyl (C=O) groups excluding carboxylic acids is 2. The first kappa shape index (κ1) is 16.4. The van der Waals surface area contributed by atoms with Gasteiger partial charge < -0.3 is 20.5 Å². The van der Waals surface area contributed by atoms with Crippen molar-refractivity contribution in [1.82, 2.24) is 19.9 Å². The molecule has 9 heteroatoms. The van der Waals surface area contributed by atoms with Crippen LogP contribution in [0.1, 0.15) is 12.0 Å². The van der Waals surface area contributed by atoms with Gasteiger partial charge in [-0.2, -0.15) is 5.26 Å². The fourth-order valence-corrected chi connectivity index (χ4v) is 2.72. The second kappa shape index (κ2) is 7.00. The topological polar surface area (TPSA) is 132 Å². The van der Waals surface area contributed by atoms with E-state index >= 15 is 0 Å². The lowest BCUT2D eigenvalue weighted by atomic mass is 10.2. The van der Waals surface area contributed by atoms with Crippen molar-refractivity contribution in [3.63, 3.8) is 0 Å². The van der Waals surface area contributed by atoms with Crippen LogP contribution in [0.15, 0.2) is 18.5 Å². The molecule has 0 aromatic carbocycles. The number of amides is 2. The maximum absolute atomic E-state index is 11.8. The van der Waals surface area contributed by atoms with E-state index in [-0.39, 0.29) is 12.3 Å². The number of nitrogens with one attached hydrogen (secondary N) is 1. The van der Waals surface area contributed by atoms with Crippen LogP contribution in [0, 0.1) is 11.3 Å². The Labute approximate surface area is 143 Å². The molecule has 2 aromatic heterocycles. The van der Waals surface area contributed by atoms with Gasteiger partial charge in [0.25, 0.3) is 0 Å². The van der Waals surface area contributed by atoms with Gasteiger partial charge in [0.2, 0.25) is 11.8 Å². The maximum atomic E-state index is 11.8. The molecule has 1 aliphatic rings. The summed E-state index contributed by atoms with van der Waals surface area (Å²) < 4.78 is 0. The summed E-state index contributed by atoms with van der Waals surface area (Å²) in [6, 6.07) is 1.88. The number of nitriles is 1. The van der Waals surface area contributed by atoms with Gasteiger partial charge in [-0.3, -0.25) is 9.59 Å². The number of nitrogens with two attached hydrogens (primary N) is 1. The van der Waals surface area contributed by atoms with E-state index in [9.17, 15) is 9.59 Å². The lowest BCUT2D eigenvalue weighted by molar-refractivity contribution is -0.130. The molecule has 0 radical (unpaired) electrons. The molecule has 2 aromatic rings. The molecule has 0 bridgehead atoms. The van der Waals surface area contributed by atoms with E-state index in [1.54, 1.807) is 23.4 Å². The van der Waals surface area contributed by atoms with E-state index in [1.165, 1.54) is 6.08 Å². The number of hydrogen-bond acceptors (Lipinski definition) is 6. The highest BCUT2D eigenvalue weighted by Crippen LogP contribution is 2.20. The van der Waals surface area contributed by atoms with Crippen molar-refractivity contribution in [2.75, 3.05) is 31.1 Å². The Bertz CT molecular complexity index is 872. The average Bonchev–Trinajstić information content (AvgIpc) is 3.02. The largest absolute Gasteiger partial charge is 0.366 e. The van der Waals surface area contributed by atoms with Gasteiger partial charge in [-0.25, -0.2) is 9.97 Å². The Morgan fingerprint density at radius 1 is 1.36 bits per heavy atom. The number of aromatic nitrogens is 3. The number of hydrogen-bond donors (Lipinski definition) is 2. The first-order valence-corrected chi connectivity index (χ1v) is 7.80. The van der Waals surface area contributed by atoms with Gasteiger partial charge in [0, 0.05) is 44.0 Å². The highest BCUT2D eigenvalue weighted by atomic mass is 16.2. The van der Waals surface area contributed by atoms with Gasteiger partial charge in [0.1, 0.15) is 17.8 Å². The Balaban J connectivity index is 1.76. The fraction of sp³-hybridized carbons (Fsp3) is 0.312. The van der Waals surface area contributed by atoms with E-state index in [0.717, 1.165) is 5.56 Å². The normalized spacial score (nSPS) is 14.8. The molecule has 3 rings (SSSR count). The monoisotopic (exact) mass is 339 g/mol. The zero-order valence-corrected chi connectivity index (χ0v) is 13.5. The number of fused-ring (bicyclic) bond motifs is 1. The highest BCUT2D eigenvalue weighted by Gasteiger charge is 2.22. The van der Waals surface area contributed by atoms with Crippen molar-refractivity contribution >= 4 is 34.9 Å². The predicted molar refractivity (Wildman–Crippen MR) is 91.1 cm³/mol. The molecule has 0 unspecified atom stereocenters. The van der Waals surface area contributed by atoms with Gasteiger partial charge >= 0.3 is 0 Å². The van der Waals surface area contributed by atoms with Crippen LogP contribution in [0.4, 0.5) is 5.82 Å². The Morgan fingerprint density at radius 3 is 2.80 bits per heavy atom. The second-order valence-corrected chi connectivity index (χ2v) is 5.61. The summed E-state index contributed by atoms with van der Waals surface area (Å²) >= 11 is 0. The van der Waals surface area contributed by atoms with Crippen molar-refractivity contribution in [1.29, 1.82) is 5.26 Å². The Kier molecular flexibility index (Phi) is 4.61. The van der Waals surface area contributed by atoms with E-state index in [2.05, 4.69) is 15.0 Å². The number of piperazine rings is 1. The van der Waals surface area contributed by atoms with E-state index < -0.39 is 5.91 Å². The molecule has 1 aliphatic heterocycles. The summed E-state index contributed by atoms with van der Waals surface area (Å²) in [5.41, 5.74) is 7.13. The average molecular weight is 339 g/mol. The number of carbonyl (C=O) groups is 2. The SMILES string of the molecule is N#CCC(=O)N1CCN(c2cnc3[nH]cc(/C=C/C(N)=O)c3n2)CC1. The summed E-state index contributed by atoms with van der Waals surface area (Å²) in [7, 11) is 0. The van der Waals surface area contributed by atoms with Crippen LogP contribution >= 0.6 is 0 Å². The number of primary amides is 1.